The molecule has 1 fully saturated rings. The molecule has 0 radical (unpaired) electrons. The maximum atomic E-state index is 6.00. The van der Waals surface area contributed by atoms with E-state index >= 15 is 0 Å². The van der Waals surface area contributed by atoms with Gasteiger partial charge in [-0.15, -0.1) is 26.6 Å². The number of fused-ring (bicyclic) bond motifs is 2. The highest BCUT2D eigenvalue weighted by atomic mass is 32.2. The maximum Gasteiger partial charge on any atom is 0.232 e. The summed E-state index contributed by atoms with van der Waals surface area (Å²) in [5.74, 6) is 0.638. The van der Waals surface area contributed by atoms with Crippen LogP contribution in [0.3, 0.4) is 0 Å². The molecule has 8 heteroatoms. The molecule has 5 rings (SSSR count). The van der Waals surface area contributed by atoms with Crippen LogP contribution >= 0.6 is 23.1 Å². The lowest BCUT2D eigenvalue weighted by Crippen LogP contribution is -2.12. The minimum atomic E-state index is 0.284. The Kier molecular flexibility index (Phi) is 3.79. The number of hydrogen-bond donors (Lipinski definition) is 0. The molecule has 0 unspecified atom stereocenters. The summed E-state index contributed by atoms with van der Waals surface area (Å²) in [7, 11) is 0. The summed E-state index contributed by atoms with van der Waals surface area (Å²) in [6, 6.07) is 9.98. The molecular formula is C17H15N5OS2. The zero-order chi connectivity index (χ0) is 16.6. The van der Waals surface area contributed by atoms with Crippen LogP contribution in [0.2, 0.25) is 0 Å². The summed E-state index contributed by atoms with van der Waals surface area (Å²) >= 11 is 3.18. The molecule has 0 atom stereocenters. The maximum absolute atomic E-state index is 6.00. The van der Waals surface area contributed by atoms with Crippen molar-refractivity contribution in [2.24, 2.45) is 0 Å². The van der Waals surface area contributed by atoms with Gasteiger partial charge in [0.05, 0.1) is 15.7 Å². The van der Waals surface area contributed by atoms with Gasteiger partial charge in [-0.1, -0.05) is 0 Å². The van der Waals surface area contributed by atoms with E-state index in [2.05, 4.69) is 26.3 Å². The molecule has 1 aromatic carbocycles. The lowest BCUT2D eigenvalue weighted by molar-refractivity contribution is 0.198. The van der Waals surface area contributed by atoms with Crippen molar-refractivity contribution in [1.29, 1.82) is 0 Å². The average molecular weight is 369 g/mol. The van der Waals surface area contributed by atoms with Crippen molar-refractivity contribution in [1.82, 2.24) is 24.8 Å². The Hall–Kier alpha value is -2.19. The second kappa shape index (κ2) is 6.27. The third-order valence-electron chi connectivity index (χ3n) is 4.31. The van der Waals surface area contributed by atoms with E-state index in [-0.39, 0.29) is 6.10 Å². The Balaban J connectivity index is 1.45. The molecule has 0 bridgehead atoms. The van der Waals surface area contributed by atoms with E-state index in [4.69, 9.17) is 4.74 Å². The second-order valence-corrected chi connectivity index (χ2v) is 7.96. The topological polar surface area (TPSA) is 65.2 Å². The Labute approximate surface area is 152 Å². The fourth-order valence-electron chi connectivity index (χ4n) is 3.06. The van der Waals surface area contributed by atoms with Crippen LogP contribution in [0.1, 0.15) is 25.7 Å². The van der Waals surface area contributed by atoms with Crippen LogP contribution in [0.5, 0.6) is 5.88 Å². The van der Waals surface area contributed by atoms with Gasteiger partial charge < -0.3 is 4.74 Å². The number of hydrogen-bond acceptors (Lipinski definition) is 7. The van der Waals surface area contributed by atoms with Crippen LogP contribution in [0.25, 0.3) is 15.9 Å². The quantitative estimate of drug-likeness (QED) is 0.537. The summed E-state index contributed by atoms with van der Waals surface area (Å²) in [5.41, 5.74) is 3.60. The third-order valence-corrected chi connectivity index (χ3v) is 6.03. The Morgan fingerprint density at radius 2 is 2.04 bits per heavy atom. The van der Waals surface area contributed by atoms with Gasteiger partial charge in [0.15, 0.2) is 5.65 Å². The van der Waals surface area contributed by atoms with E-state index in [1.54, 1.807) is 27.6 Å². The van der Waals surface area contributed by atoms with Gasteiger partial charge in [-0.3, -0.25) is 0 Å². The fraction of sp³-hybridized carbons (Fsp3) is 0.294. The zero-order valence-corrected chi connectivity index (χ0v) is 15.0. The molecular weight excluding hydrogens is 354 g/mol. The highest BCUT2D eigenvalue weighted by Crippen LogP contribution is 2.30. The number of nitrogens with zero attached hydrogens (tertiary/aromatic N) is 5. The minimum Gasteiger partial charge on any atom is -0.473 e. The Morgan fingerprint density at radius 3 is 2.96 bits per heavy atom. The predicted molar refractivity (Wildman–Crippen MR) is 97.4 cm³/mol. The van der Waals surface area contributed by atoms with Gasteiger partial charge in [0.1, 0.15) is 6.10 Å². The zero-order valence-electron chi connectivity index (χ0n) is 13.3. The molecule has 0 spiro atoms. The van der Waals surface area contributed by atoms with Gasteiger partial charge in [-0.25, -0.2) is 4.98 Å². The van der Waals surface area contributed by atoms with Crippen LogP contribution < -0.4 is 4.74 Å². The molecule has 126 valence electrons. The van der Waals surface area contributed by atoms with Crippen LogP contribution in [-0.2, 0) is 0 Å². The molecule has 1 saturated carbocycles. The summed E-state index contributed by atoms with van der Waals surface area (Å²) in [4.78, 5) is 5.41. The highest BCUT2D eigenvalue weighted by molar-refractivity contribution is 7.99. The van der Waals surface area contributed by atoms with E-state index in [9.17, 15) is 0 Å². The number of thiazole rings is 1. The summed E-state index contributed by atoms with van der Waals surface area (Å²) in [6.07, 6.45) is 4.98. The molecule has 6 nitrogen and oxygen atoms in total. The van der Waals surface area contributed by atoms with Gasteiger partial charge in [0.2, 0.25) is 11.0 Å². The predicted octanol–water partition coefficient (Wildman–Crippen LogP) is 4.21. The standard InChI is InChI=1S/C17H15N5OS2/c1-2-4-11(3-1)23-16-8-7-15-19-20-17(22(15)21-16)25-12-5-6-13-14(9-12)24-10-18-13/h5-11H,1-4H2. The van der Waals surface area contributed by atoms with Crippen LogP contribution in [0.15, 0.2) is 45.9 Å². The Morgan fingerprint density at radius 1 is 1.12 bits per heavy atom. The SMILES string of the molecule is c1nc2ccc(Sc3nnc4ccc(OC5CCCC5)nn34)cc2s1. The molecule has 1 aliphatic carbocycles. The van der Waals surface area contributed by atoms with Crippen molar-refractivity contribution in [3.8, 4) is 5.88 Å². The van der Waals surface area contributed by atoms with E-state index in [0.717, 1.165) is 38.8 Å². The van der Waals surface area contributed by atoms with Crippen molar-refractivity contribution in [2.75, 3.05) is 0 Å². The van der Waals surface area contributed by atoms with Crippen LogP contribution in [-0.4, -0.2) is 30.9 Å². The van der Waals surface area contributed by atoms with Gasteiger partial charge in [0, 0.05) is 11.0 Å². The normalized spacial score (nSPS) is 15.4. The van der Waals surface area contributed by atoms with Crippen molar-refractivity contribution >= 4 is 39.0 Å². The van der Waals surface area contributed by atoms with Gasteiger partial charge in [-0.2, -0.15) is 4.52 Å². The largest absolute Gasteiger partial charge is 0.473 e. The average Bonchev–Trinajstić information content (AvgIpc) is 3.36. The monoisotopic (exact) mass is 369 g/mol. The second-order valence-electron chi connectivity index (χ2n) is 6.03. The number of ether oxygens (including phenoxy) is 1. The van der Waals surface area contributed by atoms with Gasteiger partial charge in [0.25, 0.3) is 0 Å². The molecule has 0 amide bonds. The van der Waals surface area contributed by atoms with Gasteiger partial charge in [-0.05, 0) is 61.7 Å². The minimum absolute atomic E-state index is 0.284. The first-order valence-corrected chi connectivity index (χ1v) is 9.95. The third kappa shape index (κ3) is 2.96. The van der Waals surface area contributed by atoms with Crippen LogP contribution in [0, 0.1) is 0 Å². The van der Waals surface area contributed by atoms with Crippen molar-refractivity contribution in [3.63, 3.8) is 0 Å². The van der Waals surface area contributed by atoms with E-state index in [1.807, 2.05) is 29.8 Å². The summed E-state index contributed by atoms with van der Waals surface area (Å²) in [6.45, 7) is 0. The first-order valence-electron chi connectivity index (χ1n) is 8.25. The first kappa shape index (κ1) is 15.1. The molecule has 3 heterocycles. The number of benzene rings is 1. The lowest BCUT2D eigenvalue weighted by atomic mass is 10.3. The van der Waals surface area contributed by atoms with Gasteiger partial charge >= 0.3 is 0 Å². The molecule has 0 saturated heterocycles. The number of aromatic nitrogens is 5. The molecule has 25 heavy (non-hydrogen) atoms. The highest BCUT2D eigenvalue weighted by Gasteiger charge is 2.18. The molecule has 0 N–H and O–H groups in total. The van der Waals surface area contributed by atoms with Crippen LogP contribution in [0.4, 0.5) is 0 Å². The molecule has 1 aliphatic rings. The van der Waals surface area contributed by atoms with E-state index in [0.29, 0.717) is 5.88 Å². The number of rotatable bonds is 4. The summed E-state index contributed by atoms with van der Waals surface area (Å²) < 4.78 is 8.92. The van der Waals surface area contributed by atoms with E-state index in [1.165, 1.54) is 12.8 Å². The van der Waals surface area contributed by atoms with Crippen molar-refractivity contribution < 1.29 is 4.74 Å². The lowest BCUT2D eigenvalue weighted by Gasteiger charge is -2.11. The smallest absolute Gasteiger partial charge is 0.232 e. The summed E-state index contributed by atoms with van der Waals surface area (Å²) in [5, 5.41) is 13.8. The van der Waals surface area contributed by atoms with Crippen molar-refractivity contribution in [3.05, 3.63) is 35.8 Å². The molecule has 0 aliphatic heterocycles. The first-order chi connectivity index (χ1) is 12.3. The molecule has 4 aromatic rings. The Bertz CT molecular complexity index is 1040. The van der Waals surface area contributed by atoms with E-state index < -0.39 is 0 Å². The van der Waals surface area contributed by atoms with Crippen molar-refractivity contribution in [2.45, 2.75) is 41.8 Å². The fourth-order valence-corrected chi connectivity index (χ4v) is 4.68. The molecule has 3 aromatic heterocycles.